The Morgan fingerprint density at radius 3 is 2.61 bits per heavy atom. The first-order valence-electron chi connectivity index (χ1n) is 8.53. The Labute approximate surface area is 143 Å². The van der Waals surface area contributed by atoms with Gasteiger partial charge in [-0.3, -0.25) is 4.79 Å². The smallest absolute Gasteiger partial charge is 0.165 e. The third kappa shape index (κ3) is 3.01. The van der Waals surface area contributed by atoms with E-state index in [2.05, 4.69) is 50.4 Å². The van der Waals surface area contributed by atoms with Crippen LogP contribution in [0.1, 0.15) is 45.1 Å². The number of aliphatic hydroxyl groups excluding tert-OH is 1. The molecule has 0 bridgehead atoms. The molecule has 124 valence electrons. The minimum absolute atomic E-state index is 0.222. The minimum atomic E-state index is -0.290. The van der Waals surface area contributed by atoms with Crippen molar-refractivity contribution in [3.63, 3.8) is 0 Å². The summed E-state index contributed by atoms with van der Waals surface area (Å²) in [5, 5.41) is 10.1. The predicted octanol–water partition coefficient (Wildman–Crippen LogP) is 4.57. The molecule has 0 saturated heterocycles. The molecular formula is C20H26O2S. The van der Waals surface area contributed by atoms with Crippen LogP contribution in [0.3, 0.4) is 0 Å². The molecule has 2 aliphatic rings. The molecule has 2 nitrogen and oxygen atoms in total. The largest absolute Gasteiger partial charge is 0.393 e. The highest BCUT2D eigenvalue weighted by atomic mass is 32.2. The number of rotatable bonds is 2. The second kappa shape index (κ2) is 6.45. The van der Waals surface area contributed by atoms with Gasteiger partial charge in [-0.25, -0.2) is 0 Å². The van der Waals surface area contributed by atoms with Crippen molar-refractivity contribution in [3.8, 4) is 0 Å². The lowest BCUT2D eigenvalue weighted by atomic mass is 9.55. The Morgan fingerprint density at radius 1 is 1.26 bits per heavy atom. The van der Waals surface area contributed by atoms with Crippen LogP contribution in [-0.4, -0.2) is 23.2 Å². The highest BCUT2D eigenvalue weighted by Gasteiger charge is 2.51. The molecule has 2 saturated carbocycles. The van der Waals surface area contributed by atoms with E-state index < -0.39 is 0 Å². The molecule has 2 unspecified atom stereocenters. The van der Waals surface area contributed by atoms with Crippen molar-refractivity contribution >= 4 is 23.6 Å². The molecule has 2 fully saturated rings. The normalized spacial score (nSPS) is 36.1. The quantitative estimate of drug-likeness (QED) is 0.637. The summed E-state index contributed by atoms with van der Waals surface area (Å²) in [6.07, 6.45) is 7.29. The second-order valence-electron chi connectivity index (χ2n) is 7.30. The summed E-state index contributed by atoms with van der Waals surface area (Å²) in [4.78, 5) is 14.3. The number of allylic oxidation sites excluding steroid dienone is 1. The molecule has 23 heavy (non-hydrogen) atoms. The second-order valence-corrected chi connectivity index (χ2v) is 8.18. The van der Waals surface area contributed by atoms with Crippen molar-refractivity contribution in [3.05, 3.63) is 35.4 Å². The van der Waals surface area contributed by atoms with E-state index in [-0.39, 0.29) is 17.4 Å². The van der Waals surface area contributed by atoms with Gasteiger partial charge in [0, 0.05) is 10.3 Å². The number of hydrogen-bond acceptors (Lipinski definition) is 3. The van der Waals surface area contributed by atoms with Gasteiger partial charge in [0.25, 0.3) is 0 Å². The van der Waals surface area contributed by atoms with Gasteiger partial charge in [-0.15, -0.1) is 11.8 Å². The Bertz CT molecular complexity index is 619. The SMILES string of the molecule is CSc1ccc(/C=C2/CCC3[C@H](C)C(O)CC[C@]3(C)C2=O)cc1. The third-order valence-electron chi connectivity index (χ3n) is 6.01. The van der Waals surface area contributed by atoms with Crippen molar-refractivity contribution in [1.29, 1.82) is 0 Å². The zero-order chi connectivity index (χ0) is 16.6. The maximum atomic E-state index is 13.1. The van der Waals surface area contributed by atoms with E-state index in [9.17, 15) is 9.90 Å². The van der Waals surface area contributed by atoms with Gasteiger partial charge >= 0.3 is 0 Å². The molecule has 0 spiro atoms. The number of fused-ring (bicyclic) bond motifs is 1. The molecule has 0 aliphatic heterocycles. The number of benzene rings is 1. The Balaban J connectivity index is 1.86. The van der Waals surface area contributed by atoms with Gasteiger partial charge in [-0.2, -0.15) is 0 Å². The van der Waals surface area contributed by atoms with Gasteiger partial charge in [-0.1, -0.05) is 26.0 Å². The average Bonchev–Trinajstić information content (AvgIpc) is 2.56. The standard InChI is InChI=1S/C20H26O2S/c1-13-17-9-6-15(12-14-4-7-16(23-3)8-5-14)19(22)20(17,2)11-10-18(13)21/h4-5,7-8,12-13,17-18,21H,6,9-11H2,1-3H3/b15-12-/t13-,17?,18?,20-/m0/s1. The molecule has 0 radical (unpaired) electrons. The van der Waals surface area contributed by atoms with Gasteiger partial charge in [0.2, 0.25) is 0 Å². The predicted molar refractivity (Wildman–Crippen MR) is 96.4 cm³/mol. The number of hydrogen-bond donors (Lipinski definition) is 1. The minimum Gasteiger partial charge on any atom is -0.393 e. The highest BCUT2D eigenvalue weighted by molar-refractivity contribution is 7.98. The fraction of sp³-hybridized carbons (Fsp3) is 0.550. The Morgan fingerprint density at radius 2 is 1.96 bits per heavy atom. The van der Waals surface area contributed by atoms with Crippen LogP contribution in [0.4, 0.5) is 0 Å². The van der Waals surface area contributed by atoms with Crippen LogP contribution in [0.15, 0.2) is 34.7 Å². The molecule has 2 aliphatic carbocycles. The Kier molecular flexibility index (Phi) is 4.70. The third-order valence-corrected chi connectivity index (χ3v) is 6.75. The summed E-state index contributed by atoms with van der Waals surface area (Å²) in [5.74, 6) is 0.844. The summed E-state index contributed by atoms with van der Waals surface area (Å²) >= 11 is 1.73. The van der Waals surface area contributed by atoms with Gasteiger partial charge in [0.15, 0.2) is 5.78 Å². The summed E-state index contributed by atoms with van der Waals surface area (Å²) in [6, 6.07) is 8.39. The van der Waals surface area contributed by atoms with Crippen LogP contribution in [0.25, 0.3) is 6.08 Å². The van der Waals surface area contributed by atoms with Crippen LogP contribution >= 0.6 is 11.8 Å². The first kappa shape index (κ1) is 16.8. The van der Waals surface area contributed by atoms with Crippen LogP contribution in [-0.2, 0) is 4.79 Å². The lowest BCUT2D eigenvalue weighted by Gasteiger charge is -2.49. The van der Waals surface area contributed by atoms with E-state index in [1.807, 2.05) is 0 Å². The molecule has 3 heteroatoms. The molecule has 0 aromatic heterocycles. The van der Waals surface area contributed by atoms with E-state index in [1.54, 1.807) is 11.8 Å². The molecule has 1 aromatic rings. The molecule has 0 heterocycles. The van der Waals surface area contributed by atoms with Gasteiger partial charge in [-0.05, 0) is 73.1 Å². The zero-order valence-electron chi connectivity index (χ0n) is 14.2. The zero-order valence-corrected chi connectivity index (χ0v) is 15.0. The molecule has 4 atom stereocenters. The average molecular weight is 330 g/mol. The molecule has 3 rings (SSSR count). The van der Waals surface area contributed by atoms with E-state index in [0.717, 1.165) is 36.8 Å². The van der Waals surface area contributed by atoms with E-state index in [4.69, 9.17) is 0 Å². The van der Waals surface area contributed by atoms with Crippen LogP contribution in [0.5, 0.6) is 0 Å². The van der Waals surface area contributed by atoms with Crippen LogP contribution in [0.2, 0.25) is 0 Å². The summed E-state index contributed by atoms with van der Waals surface area (Å²) in [5.41, 5.74) is 1.78. The highest BCUT2D eigenvalue weighted by Crippen LogP contribution is 2.52. The summed E-state index contributed by atoms with van der Waals surface area (Å²) in [7, 11) is 0. The maximum absolute atomic E-state index is 13.1. The molecule has 1 aromatic carbocycles. The van der Waals surface area contributed by atoms with Crippen molar-refractivity contribution in [1.82, 2.24) is 0 Å². The van der Waals surface area contributed by atoms with E-state index in [1.165, 1.54) is 4.90 Å². The van der Waals surface area contributed by atoms with Crippen molar-refractivity contribution < 1.29 is 9.90 Å². The molecular weight excluding hydrogens is 304 g/mol. The van der Waals surface area contributed by atoms with E-state index in [0.29, 0.717) is 11.7 Å². The first-order valence-corrected chi connectivity index (χ1v) is 9.75. The number of Topliss-reactive ketones (excluding diaryl/α,β-unsaturated/α-hetero) is 1. The van der Waals surface area contributed by atoms with Crippen LogP contribution in [0, 0.1) is 17.3 Å². The van der Waals surface area contributed by atoms with Crippen molar-refractivity contribution in [2.75, 3.05) is 6.26 Å². The number of aliphatic hydroxyl groups is 1. The first-order chi connectivity index (χ1) is 11.0. The molecule has 1 N–H and O–H groups in total. The summed E-state index contributed by atoms with van der Waals surface area (Å²) < 4.78 is 0. The van der Waals surface area contributed by atoms with Gasteiger partial charge in [0.1, 0.15) is 0 Å². The fourth-order valence-electron chi connectivity index (χ4n) is 4.44. The Hall–Kier alpha value is -1.06. The maximum Gasteiger partial charge on any atom is 0.165 e. The lowest BCUT2D eigenvalue weighted by molar-refractivity contribution is -0.137. The van der Waals surface area contributed by atoms with Crippen molar-refractivity contribution in [2.24, 2.45) is 17.3 Å². The van der Waals surface area contributed by atoms with Gasteiger partial charge < -0.3 is 5.11 Å². The number of carbonyl (C=O) groups is 1. The number of thioether (sulfide) groups is 1. The topological polar surface area (TPSA) is 37.3 Å². The monoisotopic (exact) mass is 330 g/mol. The van der Waals surface area contributed by atoms with Crippen molar-refractivity contribution in [2.45, 2.75) is 50.5 Å². The number of carbonyl (C=O) groups excluding carboxylic acids is 1. The van der Waals surface area contributed by atoms with E-state index >= 15 is 0 Å². The fourth-order valence-corrected chi connectivity index (χ4v) is 4.85. The van der Waals surface area contributed by atoms with Gasteiger partial charge in [0.05, 0.1) is 6.10 Å². The summed E-state index contributed by atoms with van der Waals surface area (Å²) in [6.45, 7) is 4.22. The number of ketones is 1. The molecule has 0 amide bonds. The lowest BCUT2D eigenvalue weighted by Crippen LogP contribution is -2.50. The van der Waals surface area contributed by atoms with Crippen LogP contribution < -0.4 is 0 Å².